The van der Waals surface area contributed by atoms with E-state index in [0.717, 1.165) is 5.56 Å². The van der Waals surface area contributed by atoms with Gasteiger partial charge in [0.05, 0.1) is 6.61 Å². The zero-order valence-electron chi connectivity index (χ0n) is 10.4. The first-order valence-corrected chi connectivity index (χ1v) is 5.61. The number of aliphatic hydroxyl groups excluding tert-OH is 1. The SMILES string of the molecule is CCOC(=O)C(C)(C)c1ncc(CCO)cn1. The van der Waals surface area contributed by atoms with Crippen molar-refractivity contribution in [2.45, 2.75) is 32.6 Å². The lowest BCUT2D eigenvalue weighted by atomic mass is 9.92. The molecule has 0 aliphatic carbocycles. The Morgan fingerprint density at radius 2 is 2.00 bits per heavy atom. The van der Waals surface area contributed by atoms with Crippen LogP contribution in [0.15, 0.2) is 12.4 Å². The lowest BCUT2D eigenvalue weighted by molar-refractivity contribution is -0.149. The van der Waals surface area contributed by atoms with Crippen molar-refractivity contribution in [1.29, 1.82) is 0 Å². The highest BCUT2D eigenvalue weighted by Gasteiger charge is 2.34. The molecule has 1 aromatic heterocycles. The van der Waals surface area contributed by atoms with Crippen LogP contribution in [0.3, 0.4) is 0 Å². The van der Waals surface area contributed by atoms with Gasteiger partial charge in [0.1, 0.15) is 11.2 Å². The summed E-state index contributed by atoms with van der Waals surface area (Å²) in [5.41, 5.74) is -0.00998. The van der Waals surface area contributed by atoms with Gasteiger partial charge in [-0.05, 0) is 32.8 Å². The summed E-state index contributed by atoms with van der Waals surface area (Å²) in [5, 5.41) is 8.78. The lowest BCUT2D eigenvalue weighted by Crippen LogP contribution is -2.33. The summed E-state index contributed by atoms with van der Waals surface area (Å²) in [6.45, 7) is 5.62. The van der Waals surface area contributed by atoms with Crippen LogP contribution >= 0.6 is 0 Å². The number of hydrogen-bond acceptors (Lipinski definition) is 5. The minimum atomic E-state index is -0.853. The van der Waals surface area contributed by atoms with Crippen LogP contribution in [0.4, 0.5) is 0 Å². The van der Waals surface area contributed by atoms with Crippen molar-refractivity contribution in [1.82, 2.24) is 9.97 Å². The Hall–Kier alpha value is -1.49. The highest BCUT2D eigenvalue weighted by Crippen LogP contribution is 2.20. The molecule has 0 amide bonds. The van der Waals surface area contributed by atoms with Crippen LogP contribution in [0, 0.1) is 0 Å². The third kappa shape index (κ3) is 3.23. The quantitative estimate of drug-likeness (QED) is 0.770. The molecule has 0 saturated carbocycles. The van der Waals surface area contributed by atoms with Crippen LogP contribution in [0.1, 0.15) is 32.2 Å². The average Bonchev–Trinajstić information content (AvgIpc) is 2.30. The van der Waals surface area contributed by atoms with Crippen LogP contribution in [0.5, 0.6) is 0 Å². The van der Waals surface area contributed by atoms with Crippen molar-refractivity contribution in [2.24, 2.45) is 0 Å². The van der Waals surface area contributed by atoms with E-state index in [1.165, 1.54) is 0 Å². The molecule has 0 atom stereocenters. The molecule has 1 rings (SSSR count). The Bertz CT molecular complexity index is 374. The van der Waals surface area contributed by atoms with Gasteiger partial charge in [-0.1, -0.05) is 0 Å². The second kappa shape index (κ2) is 5.72. The van der Waals surface area contributed by atoms with E-state index in [4.69, 9.17) is 9.84 Å². The second-order valence-corrected chi connectivity index (χ2v) is 4.23. The van der Waals surface area contributed by atoms with E-state index in [9.17, 15) is 4.79 Å². The molecule has 17 heavy (non-hydrogen) atoms. The first kappa shape index (κ1) is 13.6. The minimum absolute atomic E-state index is 0.0595. The van der Waals surface area contributed by atoms with Crippen LogP contribution in [0.25, 0.3) is 0 Å². The number of esters is 1. The van der Waals surface area contributed by atoms with E-state index >= 15 is 0 Å². The van der Waals surface area contributed by atoms with E-state index < -0.39 is 5.41 Å². The Balaban J connectivity index is 2.87. The van der Waals surface area contributed by atoms with Gasteiger partial charge in [0.25, 0.3) is 0 Å². The number of nitrogens with zero attached hydrogens (tertiary/aromatic N) is 2. The third-order valence-electron chi connectivity index (χ3n) is 2.45. The van der Waals surface area contributed by atoms with Crippen LogP contribution in [0.2, 0.25) is 0 Å². The molecule has 0 unspecified atom stereocenters. The number of aromatic nitrogens is 2. The van der Waals surface area contributed by atoms with E-state index in [-0.39, 0.29) is 12.6 Å². The highest BCUT2D eigenvalue weighted by molar-refractivity contribution is 5.80. The molecule has 0 bridgehead atoms. The van der Waals surface area contributed by atoms with Gasteiger partial charge in [0.15, 0.2) is 0 Å². The fourth-order valence-corrected chi connectivity index (χ4v) is 1.34. The van der Waals surface area contributed by atoms with Crippen LogP contribution in [-0.2, 0) is 21.4 Å². The van der Waals surface area contributed by atoms with Crippen molar-refractivity contribution >= 4 is 5.97 Å². The second-order valence-electron chi connectivity index (χ2n) is 4.23. The van der Waals surface area contributed by atoms with E-state index in [1.807, 2.05) is 0 Å². The molecule has 0 aromatic carbocycles. The molecule has 0 aliphatic rings. The summed E-state index contributed by atoms with van der Waals surface area (Å²) in [5.74, 6) is 0.0903. The summed E-state index contributed by atoms with van der Waals surface area (Å²) in [4.78, 5) is 20.0. The molecular weight excluding hydrogens is 220 g/mol. The predicted octanol–water partition coefficient (Wildman–Crippen LogP) is 0.852. The van der Waals surface area contributed by atoms with E-state index in [2.05, 4.69) is 9.97 Å². The van der Waals surface area contributed by atoms with Gasteiger partial charge in [-0.25, -0.2) is 9.97 Å². The van der Waals surface area contributed by atoms with Crippen molar-refractivity contribution in [3.8, 4) is 0 Å². The Labute approximate surface area is 101 Å². The molecule has 5 heteroatoms. The molecule has 0 fully saturated rings. The number of rotatable bonds is 5. The maximum Gasteiger partial charge on any atom is 0.319 e. The van der Waals surface area contributed by atoms with Gasteiger partial charge in [-0.2, -0.15) is 0 Å². The normalized spacial score (nSPS) is 11.3. The molecule has 1 aromatic rings. The van der Waals surface area contributed by atoms with Gasteiger partial charge >= 0.3 is 5.97 Å². The molecule has 1 heterocycles. The maximum atomic E-state index is 11.7. The molecule has 1 N–H and O–H groups in total. The van der Waals surface area contributed by atoms with Gasteiger partial charge < -0.3 is 9.84 Å². The summed E-state index contributed by atoms with van der Waals surface area (Å²) in [7, 11) is 0. The van der Waals surface area contributed by atoms with Gasteiger partial charge in [-0.15, -0.1) is 0 Å². The first-order valence-electron chi connectivity index (χ1n) is 5.61. The predicted molar refractivity (Wildman–Crippen MR) is 62.5 cm³/mol. The van der Waals surface area contributed by atoms with Crippen molar-refractivity contribution in [3.63, 3.8) is 0 Å². The van der Waals surface area contributed by atoms with E-state index in [0.29, 0.717) is 18.9 Å². The zero-order chi connectivity index (χ0) is 12.9. The number of aliphatic hydroxyl groups is 1. The molecule has 0 aliphatic heterocycles. The van der Waals surface area contributed by atoms with Crippen LogP contribution in [-0.4, -0.2) is 34.3 Å². The largest absolute Gasteiger partial charge is 0.465 e. The van der Waals surface area contributed by atoms with E-state index in [1.54, 1.807) is 33.2 Å². The van der Waals surface area contributed by atoms with Gasteiger partial charge in [-0.3, -0.25) is 4.79 Å². The van der Waals surface area contributed by atoms with Crippen molar-refractivity contribution in [2.75, 3.05) is 13.2 Å². The van der Waals surface area contributed by atoms with Gasteiger partial charge in [0.2, 0.25) is 0 Å². The molecule has 0 radical (unpaired) electrons. The highest BCUT2D eigenvalue weighted by atomic mass is 16.5. The fourth-order valence-electron chi connectivity index (χ4n) is 1.34. The summed E-state index contributed by atoms with van der Waals surface area (Å²) in [6.07, 6.45) is 3.76. The fraction of sp³-hybridized carbons (Fsp3) is 0.583. The first-order chi connectivity index (χ1) is 8.02. The maximum absolute atomic E-state index is 11.7. The summed E-state index contributed by atoms with van der Waals surface area (Å²) in [6, 6.07) is 0. The Kier molecular flexibility index (Phi) is 4.57. The van der Waals surface area contributed by atoms with Gasteiger partial charge in [0, 0.05) is 19.0 Å². The lowest BCUT2D eigenvalue weighted by Gasteiger charge is -2.20. The molecule has 94 valence electrons. The number of hydrogen-bond donors (Lipinski definition) is 1. The molecule has 0 saturated heterocycles. The number of carbonyl (C=O) groups is 1. The Morgan fingerprint density at radius 3 is 2.47 bits per heavy atom. The third-order valence-corrected chi connectivity index (χ3v) is 2.45. The molecule has 5 nitrogen and oxygen atoms in total. The van der Waals surface area contributed by atoms with Crippen LogP contribution < -0.4 is 0 Å². The monoisotopic (exact) mass is 238 g/mol. The van der Waals surface area contributed by atoms with Crippen molar-refractivity contribution < 1.29 is 14.6 Å². The number of carbonyl (C=O) groups excluding carboxylic acids is 1. The number of ether oxygens (including phenoxy) is 1. The topological polar surface area (TPSA) is 72.3 Å². The summed E-state index contributed by atoms with van der Waals surface area (Å²) < 4.78 is 4.98. The summed E-state index contributed by atoms with van der Waals surface area (Å²) >= 11 is 0. The smallest absolute Gasteiger partial charge is 0.319 e. The molecule has 0 spiro atoms. The Morgan fingerprint density at radius 1 is 1.41 bits per heavy atom. The standard InChI is InChI=1S/C12H18N2O3/c1-4-17-11(16)12(2,3)10-13-7-9(5-6-15)8-14-10/h7-8,15H,4-6H2,1-3H3. The molecular formula is C12H18N2O3. The average molecular weight is 238 g/mol. The minimum Gasteiger partial charge on any atom is -0.465 e. The zero-order valence-corrected chi connectivity index (χ0v) is 10.4. The van der Waals surface area contributed by atoms with Crippen molar-refractivity contribution in [3.05, 3.63) is 23.8 Å².